The van der Waals surface area contributed by atoms with E-state index in [0.29, 0.717) is 6.42 Å². The van der Waals surface area contributed by atoms with Gasteiger partial charge in [0.15, 0.2) is 6.10 Å². The number of fused-ring (bicyclic) bond motifs is 1. The highest BCUT2D eigenvalue weighted by atomic mass is 16.5. The lowest BCUT2D eigenvalue weighted by Crippen LogP contribution is -2.08. The monoisotopic (exact) mass is 146 g/mol. The predicted octanol–water partition coefficient (Wildman–Crippen LogP) is 0.909. The average Bonchev–Trinajstić information content (AvgIpc) is 2.46. The van der Waals surface area contributed by atoms with Crippen molar-refractivity contribution >= 4 is 0 Å². The van der Waals surface area contributed by atoms with E-state index in [1.807, 2.05) is 12.1 Å². The van der Waals surface area contributed by atoms with Gasteiger partial charge in [-0.2, -0.15) is 5.26 Å². The van der Waals surface area contributed by atoms with Gasteiger partial charge in [-0.3, -0.25) is 4.98 Å². The second kappa shape index (κ2) is 2.24. The minimum atomic E-state index is -0.333. The van der Waals surface area contributed by atoms with Crippen LogP contribution in [0.25, 0.3) is 0 Å². The third kappa shape index (κ3) is 0.926. The molecule has 1 aliphatic rings. The van der Waals surface area contributed by atoms with E-state index >= 15 is 0 Å². The second-order valence-electron chi connectivity index (χ2n) is 2.39. The Morgan fingerprint density at radius 1 is 1.73 bits per heavy atom. The van der Waals surface area contributed by atoms with Crippen LogP contribution in [0.5, 0.6) is 5.75 Å². The summed E-state index contributed by atoms with van der Waals surface area (Å²) in [5.41, 5.74) is 0.888. The van der Waals surface area contributed by atoms with Crippen molar-refractivity contribution < 1.29 is 4.74 Å². The van der Waals surface area contributed by atoms with Crippen molar-refractivity contribution in [2.24, 2.45) is 0 Å². The molecule has 0 saturated heterocycles. The Hall–Kier alpha value is -1.56. The van der Waals surface area contributed by atoms with Crippen LogP contribution >= 0.6 is 0 Å². The summed E-state index contributed by atoms with van der Waals surface area (Å²) in [6.07, 6.45) is 1.99. The van der Waals surface area contributed by atoms with E-state index < -0.39 is 0 Å². The normalized spacial score (nSPS) is 20.1. The molecule has 0 bridgehead atoms. The molecule has 0 amide bonds. The van der Waals surface area contributed by atoms with Crippen molar-refractivity contribution in [2.75, 3.05) is 0 Å². The van der Waals surface area contributed by atoms with Gasteiger partial charge in [-0.05, 0) is 12.1 Å². The third-order valence-corrected chi connectivity index (χ3v) is 1.64. The quantitative estimate of drug-likeness (QED) is 0.546. The SMILES string of the molecule is N#CC1Cc2ncccc2O1. The molecular weight excluding hydrogens is 140 g/mol. The van der Waals surface area contributed by atoms with Gasteiger partial charge in [0.25, 0.3) is 0 Å². The maximum absolute atomic E-state index is 8.54. The summed E-state index contributed by atoms with van der Waals surface area (Å²) >= 11 is 0. The predicted molar refractivity (Wildman–Crippen MR) is 38.0 cm³/mol. The van der Waals surface area contributed by atoms with Gasteiger partial charge >= 0.3 is 0 Å². The van der Waals surface area contributed by atoms with E-state index in [1.165, 1.54) is 0 Å². The number of hydrogen-bond donors (Lipinski definition) is 0. The number of nitriles is 1. The van der Waals surface area contributed by atoms with Crippen LogP contribution in [-0.4, -0.2) is 11.1 Å². The molecule has 1 aliphatic heterocycles. The third-order valence-electron chi connectivity index (χ3n) is 1.64. The van der Waals surface area contributed by atoms with Crippen LogP contribution in [0.3, 0.4) is 0 Å². The van der Waals surface area contributed by atoms with Crippen molar-refractivity contribution in [1.82, 2.24) is 4.98 Å². The highest BCUT2D eigenvalue weighted by molar-refractivity contribution is 5.33. The number of ether oxygens (including phenoxy) is 1. The van der Waals surface area contributed by atoms with Gasteiger partial charge in [-0.25, -0.2) is 0 Å². The zero-order valence-electron chi connectivity index (χ0n) is 5.82. The fraction of sp³-hybridized carbons (Fsp3) is 0.250. The number of pyridine rings is 1. The number of nitrogens with zero attached hydrogens (tertiary/aromatic N) is 2. The van der Waals surface area contributed by atoms with Gasteiger partial charge in [0.1, 0.15) is 11.8 Å². The fourth-order valence-electron chi connectivity index (χ4n) is 1.13. The van der Waals surface area contributed by atoms with E-state index in [-0.39, 0.29) is 6.10 Å². The molecule has 2 rings (SSSR count). The molecule has 1 aromatic heterocycles. The van der Waals surface area contributed by atoms with E-state index in [0.717, 1.165) is 11.4 Å². The molecule has 0 saturated carbocycles. The van der Waals surface area contributed by atoms with Gasteiger partial charge in [0.2, 0.25) is 0 Å². The summed E-state index contributed by atoms with van der Waals surface area (Å²) in [5, 5.41) is 8.54. The van der Waals surface area contributed by atoms with E-state index in [2.05, 4.69) is 4.98 Å². The summed E-state index contributed by atoms with van der Waals surface area (Å²) in [4.78, 5) is 4.08. The standard InChI is InChI=1S/C8H6N2O/c9-5-6-4-7-8(11-6)2-1-3-10-7/h1-3,6H,4H2. The van der Waals surface area contributed by atoms with Crippen LogP contribution in [0.2, 0.25) is 0 Å². The summed E-state index contributed by atoms with van der Waals surface area (Å²) in [7, 11) is 0. The molecule has 0 radical (unpaired) electrons. The number of aromatic nitrogens is 1. The zero-order valence-corrected chi connectivity index (χ0v) is 5.82. The Kier molecular flexibility index (Phi) is 1.26. The molecule has 11 heavy (non-hydrogen) atoms. The highest BCUT2D eigenvalue weighted by Crippen LogP contribution is 2.25. The topological polar surface area (TPSA) is 45.9 Å². The molecule has 0 aromatic carbocycles. The van der Waals surface area contributed by atoms with Crippen molar-refractivity contribution in [1.29, 1.82) is 5.26 Å². The Morgan fingerprint density at radius 3 is 3.36 bits per heavy atom. The van der Waals surface area contributed by atoms with Crippen LogP contribution in [0.1, 0.15) is 5.69 Å². The van der Waals surface area contributed by atoms with Gasteiger partial charge in [-0.15, -0.1) is 0 Å². The molecule has 3 nitrogen and oxygen atoms in total. The van der Waals surface area contributed by atoms with Crippen molar-refractivity contribution in [2.45, 2.75) is 12.5 Å². The maximum Gasteiger partial charge on any atom is 0.190 e. The molecule has 0 fully saturated rings. The highest BCUT2D eigenvalue weighted by Gasteiger charge is 2.22. The second-order valence-corrected chi connectivity index (χ2v) is 2.39. The first-order chi connectivity index (χ1) is 5.40. The van der Waals surface area contributed by atoms with Crippen molar-refractivity contribution in [3.05, 3.63) is 24.0 Å². The van der Waals surface area contributed by atoms with Crippen molar-refractivity contribution in [3.63, 3.8) is 0 Å². The zero-order chi connectivity index (χ0) is 7.68. The summed E-state index contributed by atoms with van der Waals surface area (Å²) < 4.78 is 5.23. The minimum absolute atomic E-state index is 0.333. The number of rotatable bonds is 0. The first-order valence-electron chi connectivity index (χ1n) is 3.40. The van der Waals surface area contributed by atoms with Crippen LogP contribution in [0, 0.1) is 11.3 Å². The van der Waals surface area contributed by atoms with Gasteiger partial charge in [-0.1, -0.05) is 0 Å². The molecule has 2 heterocycles. The molecular formula is C8H6N2O. The average molecular weight is 146 g/mol. The largest absolute Gasteiger partial charge is 0.473 e. The van der Waals surface area contributed by atoms with E-state index in [1.54, 1.807) is 12.3 Å². The molecule has 1 aromatic rings. The first-order valence-corrected chi connectivity index (χ1v) is 3.40. The Morgan fingerprint density at radius 2 is 2.64 bits per heavy atom. The molecule has 0 aliphatic carbocycles. The van der Waals surface area contributed by atoms with Gasteiger partial charge < -0.3 is 4.74 Å². The molecule has 1 atom stereocenters. The Balaban J connectivity index is 2.35. The van der Waals surface area contributed by atoms with E-state index in [9.17, 15) is 0 Å². The Labute approximate surface area is 64.2 Å². The first kappa shape index (κ1) is 6.17. The molecule has 1 unspecified atom stereocenters. The lowest BCUT2D eigenvalue weighted by atomic mass is 10.2. The van der Waals surface area contributed by atoms with Crippen LogP contribution in [0.15, 0.2) is 18.3 Å². The molecule has 0 spiro atoms. The smallest absolute Gasteiger partial charge is 0.190 e. The summed E-state index contributed by atoms with van der Waals surface area (Å²) in [6.45, 7) is 0. The van der Waals surface area contributed by atoms with Crippen molar-refractivity contribution in [3.8, 4) is 11.8 Å². The van der Waals surface area contributed by atoms with Crippen LogP contribution in [0.4, 0.5) is 0 Å². The maximum atomic E-state index is 8.54. The summed E-state index contributed by atoms with van der Waals surface area (Å²) in [6, 6.07) is 5.69. The van der Waals surface area contributed by atoms with Crippen LogP contribution < -0.4 is 4.74 Å². The Bertz CT molecular complexity index is 291. The minimum Gasteiger partial charge on any atom is -0.473 e. The van der Waals surface area contributed by atoms with Crippen LogP contribution in [-0.2, 0) is 6.42 Å². The molecule has 54 valence electrons. The lowest BCUT2D eigenvalue weighted by molar-refractivity contribution is 0.290. The molecule has 0 N–H and O–H groups in total. The fourth-order valence-corrected chi connectivity index (χ4v) is 1.13. The molecule has 3 heteroatoms. The van der Waals surface area contributed by atoms with Gasteiger partial charge in [0, 0.05) is 12.6 Å². The number of hydrogen-bond acceptors (Lipinski definition) is 3. The van der Waals surface area contributed by atoms with Gasteiger partial charge in [0.05, 0.1) is 5.69 Å². The van der Waals surface area contributed by atoms with E-state index in [4.69, 9.17) is 10.00 Å². The lowest BCUT2D eigenvalue weighted by Gasteiger charge is -1.97. The summed E-state index contributed by atoms with van der Waals surface area (Å²) in [5.74, 6) is 0.749.